The summed E-state index contributed by atoms with van der Waals surface area (Å²) in [4.78, 5) is 4.74. The van der Waals surface area contributed by atoms with Gasteiger partial charge in [0.05, 0.1) is 6.04 Å². The summed E-state index contributed by atoms with van der Waals surface area (Å²) in [5.41, 5.74) is 2.62. The van der Waals surface area contributed by atoms with Crippen LogP contribution in [0.5, 0.6) is 0 Å². The first kappa shape index (κ1) is 20.9. The van der Waals surface area contributed by atoms with Crippen LogP contribution in [0.4, 0.5) is 0 Å². The molecule has 27 heavy (non-hydrogen) atoms. The van der Waals surface area contributed by atoms with E-state index in [2.05, 4.69) is 84.3 Å². The van der Waals surface area contributed by atoms with Crippen molar-refractivity contribution in [2.24, 2.45) is 10.9 Å². The molecule has 0 saturated heterocycles. The fraction of sp³-hybridized carbons (Fsp3) is 0.571. The van der Waals surface area contributed by atoms with Gasteiger partial charge in [-0.25, -0.2) is 0 Å². The Kier molecular flexibility index (Phi) is 8.30. The van der Waals surface area contributed by atoms with Crippen molar-refractivity contribution in [3.05, 3.63) is 47.5 Å². The van der Waals surface area contributed by atoms with Crippen LogP contribution in [0.2, 0.25) is 0 Å². The Labute approximate surface area is 163 Å². The SMILES string of the molecule is CCc1ccc(C(C)NC(=NCC(C)C)NCCn2cnnc2CC)cc1. The third kappa shape index (κ3) is 6.70. The molecule has 148 valence electrons. The summed E-state index contributed by atoms with van der Waals surface area (Å²) >= 11 is 0. The van der Waals surface area contributed by atoms with Gasteiger partial charge in [-0.05, 0) is 30.4 Å². The average Bonchev–Trinajstić information content (AvgIpc) is 3.13. The molecule has 2 aromatic rings. The van der Waals surface area contributed by atoms with E-state index in [-0.39, 0.29) is 6.04 Å². The molecule has 0 aliphatic rings. The lowest BCUT2D eigenvalue weighted by molar-refractivity contribution is 0.609. The van der Waals surface area contributed by atoms with Crippen LogP contribution in [0, 0.1) is 5.92 Å². The van der Waals surface area contributed by atoms with Crippen LogP contribution in [0.15, 0.2) is 35.6 Å². The lowest BCUT2D eigenvalue weighted by Crippen LogP contribution is -2.40. The molecule has 6 heteroatoms. The minimum Gasteiger partial charge on any atom is -0.355 e. The maximum Gasteiger partial charge on any atom is 0.191 e. The Balaban J connectivity index is 1.97. The van der Waals surface area contributed by atoms with Gasteiger partial charge in [0.2, 0.25) is 0 Å². The highest BCUT2D eigenvalue weighted by molar-refractivity contribution is 5.80. The van der Waals surface area contributed by atoms with Gasteiger partial charge < -0.3 is 15.2 Å². The predicted molar refractivity (Wildman–Crippen MR) is 112 cm³/mol. The van der Waals surface area contributed by atoms with Gasteiger partial charge in [-0.2, -0.15) is 0 Å². The number of nitrogens with one attached hydrogen (secondary N) is 2. The van der Waals surface area contributed by atoms with Gasteiger partial charge in [-0.3, -0.25) is 4.99 Å². The van der Waals surface area contributed by atoms with E-state index in [0.29, 0.717) is 5.92 Å². The molecule has 6 nitrogen and oxygen atoms in total. The van der Waals surface area contributed by atoms with Gasteiger partial charge >= 0.3 is 0 Å². The molecule has 1 aromatic heterocycles. The minimum absolute atomic E-state index is 0.190. The number of guanidine groups is 1. The number of nitrogens with zero attached hydrogens (tertiary/aromatic N) is 4. The fourth-order valence-electron chi connectivity index (χ4n) is 2.79. The van der Waals surface area contributed by atoms with E-state index in [0.717, 1.165) is 44.3 Å². The van der Waals surface area contributed by atoms with E-state index in [9.17, 15) is 0 Å². The van der Waals surface area contributed by atoms with E-state index < -0.39 is 0 Å². The van der Waals surface area contributed by atoms with Crippen molar-refractivity contribution in [2.75, 3.05) is 13.1 Å². The maximum absolute atomic E-state index is 4.74. The normalized spacial score (nSPS) is 13.0. The van der Waals surface area contributed by atoms with Crippen molar-refractivity contribution in [3.8, 4) is 0 Å². The standard InChI is InChI=1S/C21H34N6/c1-6-18-8-10-19(11-9-18)17(5)25-21(23-14-16(3)4)22-12-13-27-15-24-26-20(27)7-2/h8-11,15-17H,6-7,12-14H2,1-5H3,(H2,22,23,25). The molecule has 1 heterocycles. The highest BCUT2D eigenvalue weighted by Crippen LogP contribution is 2.13. The number of hydrogen-bond acceptors (Lipinski definition) is 3. The van der Waals surface area contributed by atoms with Gasteiger partial charge in [0.15, 0.2) is 5.96 Å². The van der Waals surface area contributed by atoms with Crippen molar-refractivity contribution < 1.29 is 0 Å². The lowest BCUT2D eigenvalue weighted by Gasteiger charge is -2.19. The molecule has 1 aromatic carbocycles. The Morgan fingerprint density at radius 1 is 1.11 bits per heavy atom. The van der Waals surface area contributed by atoms with Gasteiger partial charge in [0, 0.05) is 26.1 Å². The molecule has 0 saturated carbocycles. The quantitative estimate of drug-likeness (QED) is 0.525. The van der Waals surface area contributed by atoms with Crippen molar-refractivity contribution in [3.63, 3.8) is 0 Å². The van der Waals surface area contributed by atoms with Crippen LogP contribution in [0.25, 0.3) is 0 Å². The summed E-state index contributed by atoms with van der Waals surface area (Å²) in [7, 11) is 0. The number of benzene rings is 1. The zero-order valence-electron chi connectivity index (χ0n) is 17.4. The second-order valence-corrected chi connectivity index (χ2v) is 7.27. The van der Waals surface area contributed by atoms with Crippen molar-refractivity contribution in [1.29, 1.82) is 0 Å². The predicted octanol–water partition coefficient (Wildman–Crippen LogP) is 3.36. The van der Waals surface area contributed by atoms with Crippen LogP contribution < -0.4 is 10.6 Å². The second-order valence-electron chi connectivity index (χ2n) is 7.27. The zero-order chi connectivity index (χ0) is 19.6. The van der Waals surface area contributed by atoms with Crippen LogP contribution >= 0.6 is 0 Å². The third-order valence-corrected chi connectivity index (χ3v) is 4.51. The van der Waals surface area contributed by atoms with E-state index in [1.807, 2.05) is 0 Å². The summed E-state index contributed by atoms with van der Waals surface area (Å²) < 4.78 is 2.08. The maximum atomic E-state index is 4.74. The molecular weight excluding hydrogens is 336 g/mol. The molecule has 1 unspecified atom stereocenters. The largest absolute Gasteiger partial charge is 0.355 e. The molecule has 2 rings (SSSR count). The van der Waals surface area contributed by atoms with Crippen molar-refractivity contribution in [1.82, 2.24) is 25.4 Å². The highest BCUT2D eigenvalue weighted by Gasteiger charge is 2.09. The van der Waals surface area contributed by atoms with Gasteiger partial charge in [-0.15, -0.1) is 10.2 Å². The third-order valence-electron chi connectivity index (χ3n) is 4.51. The first-order valence-electron chi connectivity index (χ1n) is 10.0. The van der Waals surface area contributed by atoms with Crippen LogP contribution in [0.3, 0.4) is 0 Å². The number of rotatable bonds is 9. The first-order chi connectivity index (χ1) is 13.0. The number of aromatic nitrogens is 3. The lowest BCUT2D eigenvalue weighted by atomic mass is 10.1. The first-order valence-corrected chi connectivity index (χ1v) is 10.0. The van der Waals surface area contributed by atoms with Crippen LogP contribution in [-0.4, -0.2) is 33.8 Å². The Morgan fingerprint density at radius 2 is 1.85 bits per heavy atom. The molecule has 0 amide bonds. The topological polar surface area (TPSA) is 67.1 Å². The Hall–Kier alpha value is -2.37. The van der Waals surface area contributed by atoms with E-state index in [1.54, 1.807) is 6.33 Å². The fourth-order valence-corrected chi connectivity index (χ4v) is 2.79. The Bertz CT molecular complexity index is 702. The highest BCUT2D eigenvalue weighted by atomic mass is 15.3. The molecule has 0 radical (unpaired) electrons. The molecule has 1 atom stereocenters. The molecule has 2 N–H and O–H groups in total. The monoisotopic (exact) mass is 370 g/mol. The van der Waals surface area contributed by atoms with Gasteiger partial charge in [0.1, 0.15) is 12.2 Å². The Morgan fingerprint density at radius 3 is 2.48 bits per heavy atom. The molecule has 0 fully saturated rings. The molecule has 0 spiro atoms. The van der Waals surface area contributed by atoms with Crippen molar-refractivity contribution in [2.45, 2.75) is 60.0 Å². The summed E-state index contributed by atoms with van der Waals surface area (Å²) in [6, 6.07) is 8.98. The summed E-state index contributed by atoms with van der Waals surface area (Å²) in [5, 5.41) is 15.1. The summed E-state index contributed by atoms with van der Waals surface area (Å²) in [6.07, 6.45) is 3.74. The average molecular weight is 371 g/mol. The number of hydrogen-bond donors (Lipinski definition) is 2. The minimum atomic E-state index is 0.190. The summed E-state index contributed by atoms with van der Waals surface area (Å²) in [6.45, 7) is 13.2. The van der Waals surface area contributed by atoms with Gasteiger partial charge in [0.25, 0.3) is 0 Å². The second kappa shape index (κ2) is 10.7. The smallest absolute Gasteiger partial charge is 0.191 e. The zero-order valence-corrected chi connectivity index (χ0v) is 17.4. The van der Waals surface area contributed by atoms with Gasteiger partial charge in [-0.1, -0.05) is 52.0 Å². The molecule has 0 aliphatic carbocycles. The molecular formula is C21H34N6. The van der Waals surface area contributed by atoms with Crippen molar-refractivity contribution >= 4 is 5.96 Å². The number of aryl methyl sites for hydroxylation is 2. The molecule has 0 aliphatic heterocycles. The van der Waals surface area contributed by atoms with E-state index in [1.165, 1.54) is 11.1 Å². The van der Waals surface area contributed by atoms with Crippen LogP contribution in [0.1, 0.15) is 57.6 Å². The molecule has 0 bridgehead atoms. The van der Waals surface area contributed by atoms with E-state index in [4.69, 9.17) is 4.99 Å². The van der Waals surface area contributed by atoms with E-state index >= 15 is 0 Å². The van der Waals surface area contributed by atoms with Crippen LogP contribution in [-0.2, 0) is 19.4 Å². The number of aliphatic imine (C=N–C) groups is 1. The summed E-state index contributed by atoms with van der Waals surface area (Å²) in [5.74, 6) is 2.38.